The van der Waals surface area contributed by atoms with Crippen molar-refractivity contribution < 1.29 is 4.74 Å². The summed E-state index contributed by atoms with van der Waals surface area (Å²) in [5, 5.41) is 0. The van der Waals surface area contributed by atoms with Gasteiger partial charge in [-0.3, -0.25) is 0 Å². The van der Waals surface area contributed by atoms with Crippen molar-refractivity contribution in [2.24, 2.45) is 0 Å². The third kappa shape index (κ3) is 1.79. The quantitative estimate of drug-likeness (QED) is 0.264. The smallest absolute Gasteiger partial charge is 0.133 e. The monoisotopic (exact) mass is 410 g/mol. The fourth-order valence-corrected chi connectivity index (χ4v) is 5.51. The van der Waals surface area contributed by atoms with E-state index in [-0.39, 0.29) is 5.41 Å². The first-order valence-electron chi connectivity index (χ1n) is 9.07. The fraction of sp³-hybridized carbons (Fsp3) is 0.0400. The summed E-state index contributed by atoms with van der Waals surface area (Å²) >= 11 is 3.84. The van der Waals surface area contributed by atoms with E-state index >= 15 is 0 Å². The van der Waals surface area contributed by atoms with Gasteiger partial charge in [-0.25, -0.2) is 0 Å². The molecule has 2 aliphatic rings. The zero-order valence-corrected chi connectivity index (χ0v) is 16.0. The molecule has 1 nitrogen and oxygen atoms in total. The van der Waals surface area contributed by atoms with E-state index in [1.54, 1.807) is 0 Å². The van der Waals surface area contributed by atoms with Crippen molar-refractivity contribution in [1.29, 1.82) is 0 Å². The molecule has 4 aromatic carbocycles. The Bertz CT molecular complexity index is 1180. The molecule has 1 spiro atoms. The molecule has 0 saturated heterocycles. The Morgan fingerprint density at radius 3 is 1.81 bits per heavy atom. The molecule has 0 bridgehead atoms. The maximum Gasteiger partial charge on any atom is 0.133 e. The van der Waals surface area contributed by atoms with Crippen molar-refractivity contribution in [2.75, 3.05) is 0 Å². The van der Waals surface area contributed by atoms with E-state index in [1.165, 1.54) is 33.4 Å². The average molecular weight is 411 g/mol. The Labute approximate surface area is 166 Å². The van der Waals surface area contributed by atoms with Gasteiger partial charge in [0, 0.05) is 15.6 Å². The van der Waals surface area contributed by atoms with Gasteiger partial charge in [-0.2, -0.15) is 0 Å². The number of halogens is 1. The standard InChI is InChI=1S/C25H15BrO/c26-21-13-7-15-23-24(21)25(20-12-5-6-14-22(20)27-23)18-10-3-1-8-16(18)17-9-2-4-11-19(17)25/h1-15H. The summed E-state index contributed by atoms with van der Waals surface area (Å²) in [7, 11) is 0. The first kappa shape index (κ1) is 15.2. The molecule has 0 fully saturated rings. The molecule has 0 aromatic heterocycles. The molecule has 6 rings (SSSR count). The highest BCUT2D eigenvalue weighted by Gasteiger charge is 2.51. The number of hydrogen-bond acceptors (Lipinski definition) is 1. The van der Waals surface area contributed by atoms with Crippen molar-refractivity contribution in [3.63, 3.8) is 0 Å². The number of para-hydroxylation sites is 1. The number of ether oxygens (including phenoxy) is 1. The molecule has 1 heterocycles. The van der Waals surface area contributed by atoms with Crippen LogP contribution in [0.25, 0.3) is 11.1 Å². The largest absolute Gasteiger partial charge is 0.457 e. The van der Waals surface area contributed by atoms with Crippen LogP contribution in [0.5, 0.6) is 11.5 Å². The lowest BCUT2D eigenvalue weighted by atomic mass is 9.66. The number of rotatable bonds is 0. The van der Waals surface area contributed by atoms with Crippen LogP contribution < -0.4 is 4.74 Å². The first-order valence-corrected chi connectivity index (χ1v) is 9.87. The van der Waals surface area contributed by atoms with Gasteiger partial charge in [0.25, 0.3) is 0 Å². The molecule has 4 aromatic rings. The lowest BCUT2D eigenvalue weighted by Gasteiger charge is -2.39. The minimum atomic E-state index is -0.378. The topological polar surface area (TPSA) is 9.23 Å². The van der Waals surface area contributed by atoms with Crippen LogP contribution in [-0.4, -0.2) is 0 Å². The molecular weight excluding hydrogens is 396 g/mol. The number of hydrogen-bond donors (Lipinski definition) is 0. The highest BCUT2D eigenvalue weighted by atomic mass is 79.9. The van der Waals surface area contributed by atoms with Crippen molar-refractivity contribution in [1.82, 2.24) is 0 Å². The van der Waals surface area contributed by atoms with Gasteiger partial charge >= 0.3 is 0 Å². The van der Waals surface area contributed by atoms with Gasteiger partial charge in [-0.1, -0.05) is 88.7 Å². The zero-order chi connectivity index (χ0) is 18.0. The minimum absolute atomic E-state index is 0.378. The molecule has 1 aliphatic carbocycles. The van der Waals surface area contributed by atoms with Crippen LogP contribution in [0.4, 0.5) is 0 Å². The maximum absolute atomic E-state index is 6.35. The minimum Gasteiger partial charge on any atom is -0.457 e. The molecule has 0 saturated carbocycles. The van der Waals surface area contributed by atoms with Crippen LogP contribution in [0.15, 0.2) is 95.5 Å². The summed E-state index contributed by atoms with van der Waals surface area (Å²) < 4.78 is 7.42. The van der Waals surface area contributed by atoms with Gasteiger partial charge in [0.2, 0.25) is 0 Å². The van der Waals surface area contributed by atoms with E-state index in [2.05, 4.69) is 94.8 Å². The summed E-state index contributed by atoms with van der Waals surface area (Å²) in [4.78, 5) is 0. The summed E-state index contributed by atoms with van der Waals surface area (Å²) in [5.74, 6) is 1.84. The molecule has 128 valence electrons. The summed E-state index contributed by atoms with van der Waals surface area (Å²) in [6.45, 7) is 0. The third-order valence-electron chi connectivity index (χ3n) is 5.81. The molecular formula is C25H15BrO. The Hall–Kier alpha value is -2.84. The van der Waals surface area contributed by atoms with Crippen molar-refractivity contribution in [3.05, 3.63) is 118 Å². The Balaban J connectivity index is 1.88. The highest BCUT2D eigenvalue weighted by Crippen LogP contribution is 2.63. The van der Waals surface area contributed by atoms with Crippen LogP contribution in [0.2, 0.25) is 0 Å². The van der Waals surface area contributed by atoms with Gasteiger partial charge in [-0.05, 0) is 40.5 Å². The molecule has 0 amide bonds. The lowest BCUT2D eigenvalue weighted by Crippen LogP contribution is -2.32. The predicted molar refractivity (Wildman–Crippen MR) is 112 cm³/mol. The van der Waals surface area contributed by atoms with Gasteiger partial charge in [0.1, 0.15) is 11.5 Å². The Morgan fingerprint density at radius 1 is 0.556 bits per heavy atom. The van der Waals surface area contributed by atoms with E-state index in [0.717, 1.165) is 16.0 Å². The molecule has 0 unspecified atom stereocenters. The van der Waals surface area contributed by atoms with E-state index in [4.69, 9.17) is 4.74 Å². The Kier molecular flexibility index (Phi) is 3.01. The zero-order valence-electron chi connectivity index (χ0n) is 14.4. The van der Waals surface area contributed by atoms with Crippen LogP contribution in [0.3, 0.4) is 0 Å². The van der Waals surface area contributed by atoms with Crippen LogP contribution in [-0.2, 0) is 5.41 Å². The van der Waals surface area contributed by atoms with Crippen molar-refractivity contribution in [2.45, 2.75) is 5.41 Å². The van der Waals surface area contributed by atoms with Crippen LogP contribution in [0, 0.1) is 0 Å². The summed E-state index contributed by atoms with van der Waals surface area (Å²) in [6, 6.07) is 32.2. The Morgan fingerprint density at radius 2 is 1.11 bits per heavy atom. The van der Waals surface area contributed by atoms with Crippen LogP contribution >= 0.6 is 15.9 Å². The fourth-order valence-electron chi connectivity index (χ4n) is 4.87. The van der Waals surface area contributed by atoms with Crippen molar-refractivity contribution >= 4 is 15.9 Å². The molecule has 0 atom stereocenters. The molecule has 0 radical (unpaired) electrons. The SMILES string of the molecule is Brc1cccc2c1C1(c3ccccc3O2)c2ccccc2-c2ccccc21. The lowest BCUT2D eigenvalue weighted by molar-refractivity contribution is 0.435. The number of benzene rings is 4. The second-order valence-electron chi connectivity index (χ2n) is 7.05. The number of fused-ring (bicyclic) bond motifs is 9. The molecule has 0 N–H and O–H groups in total. The third-order valence-corrected chi connectivity index (χ3v) is 6.47. The second-order valence-corrected chi connectivity index (χ2v) is 7.91. The highest BCUT2D eigenvalue weighted by molar-refractivity contribution is 9.10. The summed E-state index contributed by atoms with van der Waals surface area (Å²) in [5.41, 5.74) is 7.23. The first-order chi connectivity index (χ1) is 13.3. The van der Waals surface area contributed by atoms with Gasteiger partial charge in [0.15, 0.2) is 0 Å². The van der Waals surface area contributed by atoms with E-state index in [0.29, 0.717) is 0 Å². The van der Waals surface area contributed by atoms with Crippen LogP contribution in [0.1, 0.15) is 22.3 Å². The average Bonchev–Trinajstić information content (AvgIpc) is 3.00. The molecule has 1 aliphatic heterocycles. The molecule has 27 heavy (non-hydrogen) atoms. The summed E-state index contributed by atoms with van der Waals surface area (Å²) in [6.07, 6.45) is 0. The van der Waals surface area contributed by atoms with Gasteiger partial charge in [0.05, 0.1) is 5.41 Å². The maximum atomic E-state index is 6.35. The van der Waals surface area contributed by atoms with Gasteiger partial charge in [-0.15, -0.1) is 0 Å². The van der Waals surface area contributed by atoms with E-state index < -0.39 is 0 Å². The van der Waals surface area contributed by atoms with Gasteiger partial charge < -0.3 is 4.74 Å². The molecule has 2 heteroatoms. The second kappa shape index (κ2) is 5.34. The predicted octanol–water partition coefficient (Wildman–Crippen LogP) is 6.92. The normalized spacial score (nSPS) is 14.7. The van der Waals surface area contributed by atoms with E-state index in [1.807, 2.05) is 12.1 Å². The van der Waals surface area contributed by atoms with E-state index in [9.17, 15) is 0 Å². The van der Waals surface area contributed by atoms with Crippen molar-refractivity contribution in [3.8, 4) is 22.6 Å².